The first-order valence-corrected chi connectivity index (χ1v) is 7.59. The SMILES string of the molecule is CC(O)CC(C)(C)CNC(=O)N(C)Cc1ccc(Cl)c(F)c1. The monoisotopic (exact) mass is 330 g/mol. The number of rotatable bonds is 6. The summed E-state index contributed by atoms with van der Waals surface area (Å²) < 4.78 is 13.4. The van der Waals surface area contributed by atoms with Crippen molar-refractivity contribution in [3.05, 3.63) is 34.6 Å². The lowest BCUT2D eigenvalue weighted by molar-refractivity contribution is 0.127. The van der Waals surface area contributed by atoms with Crippen molar-refractivity contribution >= 4 is 17.6 Å². The third-order valence-electron chi connectivity index (χ3n) is 3.32. The van der Waals surface area contributed by atoms with Crippen molar-refractivity contribution in [1.82, 2.24) is 10.2 Å². The number of carbonyl (C=O) groups is 1. The number of hydrogen-bond donors (Lipinski definition) is 2. The molecule has 0 aromatic heterocycles. The fraction of sp³-hybridized carbons (Fsp3) is 0.562. The Morgan fingerprint density at radius 1 is 1.50 bits per heavy atom. The van der Waals surface area contributed by atoms with Crippen molar-refractivity contribution in [2.24, 2.45) is 5.41 Å². The number of amides is 2. The summed E-state index contributed by atoms with van der Waals surface area (Å²) in [4.78, 5) is 13.5. The van der Waals surface area contributed by atoms with Gasteiger partial charge >= 0.3 is 6.03 Å². The second kappa shape index (κ2) is 7.79. The third-order valence-corrected chi connectivity index (χ3v) is 3.62. The van der Waals surface area contributed by atoms with Gasteiger partial charge in [0.25, 0.3) is 0 Å². The highest BCUT2D eigenvalue weighted by Gasteiger charge is 2.22. The van der Waals surface area contributed by atoms with Gasteiger partial charge in [0.05, 0.1) is 11.1 Å². The molecule has 0 heterocycles. The quantitative estimate of drug-likeness (QED) is 0.839. The minimum absolute atomic E-state index is 0.0655. The van der Waals surface area contributed by atoms with Gasteiger partial charge < -0.3 is 15.3 Å². The first-order valence-electron chi connectivity index (χ1n) is 7.22. The van der Waals surface area contributed by atoms with Crippen molar-refractivity contribution in [1.29, 1.82) is 0 Å². The Bertz CT molecular complexity index is 521. The topological polar surface area (TPSA) is 52.6 Å². The highest BCUT2D eigenvalue weighted by atomic mass is 35.5. The Kier molecular flexibility index (Phi) is 6.63. The minimum atomic E-state index is -0.494. The Morgan fingerprint density at radius 2 is 2.14 bits per heavy atom. The predicted octanol–water partition coefficient (Wildman–Crippen LogP) is 3.42. The lowest BCUT2D eigenvalue weighted by atomic mass is 9.87. The maximum atomic E-state index is 13.4. The number of nitrogens with zero attached hydrogens (tertiary/aromatic N) is 1. The molecule has 22 heavy (non-hydrogen) atoms. The highest BCUT2D eigenvalue weighted by Crippen LogP contribution is 2.21. The summed E-state index contributed by atoms with van der Waals surface area (Å²) in [7, 11) is 1.64. The van der Waals surface area contributed by atoms with Crippen molar-refractivity contribution in [3.8, 4) is 0 Å². The van der Waals surface area contributed by atoms with Gasteiger partial charge in [-0.2, -0.15) is 0 Å². The van der Waals surface area contributed by atoms with E-state index in [1.165, 1.54) is 17.0 Å². The molecule has 124 valence electrons. The van der Waals surface area contributed by atoms with Gasteiger partial charge in [-0.3, -0.25) is 0 Å². The van der Waals surface area contributed by atoms with E-state index < -0.39 is 11.9 Å². The number of urea groups is 1. The van der Waals surface area contributed by atoms with E-state index in [0.717, 1.165) is 0 Å². The van der Waals surface area contributed by atoms with Gasteiger partial charge in [-0.05, 0) is 36.5 Å². The molecule has 0 spiro atoms. The fourth-order valence-electron chi connectivity index (χ4n) is 2.31. The zero-order chi connectivity index (χ0) is 16.9. The van der Waals surface area contributed by atoms with Gasteiger partial charge in [0.2, 0.25) is 0 Å². The summed E-state index contributed by atoms with van der Waals surface area (Å²) in [5.41, 5.74) is 0.472. The number of benzene rings is 1. The average molecular weight is 331 g/mol. The summed E-state index contributed by atoms with van der Waals surface area (Å²) in [6, 6.07) is 4.24. The van der Waals surface area contributed by atoms with E-state index in [0.29, 0.717) is 18.5 Å². The fourth-order valence-corrected chi connectivity index (χ4v) is 2.42. The van der Waals surface area contributed by atoms with Gasteiger partial charge in [-0.1, -0.05) is 31.5 Å². The Morgan fingerprint density at radius 3 is 2.68 bits per heavy atom. The first kappa shape index (κ1) is 18.7. The second-order valence-electron chi connectivity index (χ2n) is 6.48. The van der Waals surface area contributed by atoms with Crippen molar-refractivity contribution in [2.75, 3.05) is 13.6 Å². The third kappa shape index (κ3) is 6.20. The number of nitrogens with one attached hydrogen (secondary N) is 1. The average Bonchev–Trinajstić information content (AvgIpc) is 2.39. The standard InChI is InChI=1S/C16H24ClFN2O2/c1-11(21)8-16(2,3)10-19-15(22)20(4)9-12-5-6-13(17)14(18)7-12/h5-7,11,21H,8-10H2,1-4H3,(H,19,22). The highest BCUT2D eigenvalue weighted by molar-refractivity contribution is 6.30. The van der Waals surface area contributed by atoms with Crippen LogP contribution in [0.3, 0.4) is 0 Å². The van der Waals surface area contributed by atoms with E-state index in [4.69, 9.17) is 11.6 Å². The van der Waals surface area contributed by atoms with Crippen LogP contribution in [0.15, 0.2) is 18.2 Å². The lowest BCUT2D eigenvalue weighted by Gasteiger charge is -2.28. The van der Waals surface area contributed by atoms with E-state index in [-0.39, 0.29) is 23.0 Å². The van der Waals surface area contributed by atoms with Crippen LogP contribution < -0.4 is 5.32 Å². The summed E-state index contributed by atoms with van der Waals surface area (Å²) in [5.74, 6) is -0.494. The molecule has 1 aromatic rings. The van der Waals surface area contributed by atoms with Crippen molar-refractivity contribution in [3.63, 3.8) is 0 Å². The smallest absolute Gasteiger partial charge is 0.317 e. The van der Waals surface area contributed by atoms with E-state index in [1.807, 2.05) is 13.8 Å². The molecule has 0 radical (unpaired) electrons. The number of aliphatic hydroxyl groups excluding tert-OH is 1. The molecule has 4 nitrogen and oxygen atoms in total. The van der Waals surface area contributed by atoms with Crippen LogP contribution in [-0.4, -0.2) is 35.7 Å². The zero-order valence-electron chi connectivity index (χ0n) is 13.5. The van der Waals surface area contributed by atoms with E-state index in [1.54, 1.807) is 20.0 Å². The van der Waals surface area contributed by atoms with Crippen LogP contribution in [0.5, 0.6) is 0 Å². The van der Waals surface area contributed by atoms with Gasteiger partial charge in [-0.15, -0.1) is 0 Å². The number of carbonyl (C=O) groups excluding carboxylic acids is 1. The molecule has 0 bridgehead atoms. The molecule has 0 aliphatic rings. The summed E-state index contributed by atoms with van der Waals surface area (Å²) in [5, 5.41) is 12.3. The molecule has 1 atom stereocenters. The second-order valence-corrected chi connectivity index (χ2v) is 6.89. The van der Waals surface area contributed by atoms with Gasteiger partial charge in [-0.25, -0.2) is 9.18 Å². The minimum Gasteiger partial charge on any atom is -0.393 e. The van der Waals surface area contributed by atoms with Crippen molar-refractivity contribution < 1.29 is 14.3 Å². The lowest BCUT2D eigenvalue weighted by Crippen LogP contribution is -2.42. The molecule has 0 aliphatic heterocycles. The Labute approximate surface area is 136 Å². The largest absolute Gasteiger partial charge is 0.393 e. The molecule has 1 rings (SSSR count). The predicted molar refractivity (Wildman–Crippen MR) is 86.4 cm³/mol. The summed E-state index contributed by atoms with van der Waals surface area (Å²) >= 11 is 5.63. The molecule has 1 unspecified atom stereocenters. The Balaban J connectivity index is 2.53. The van der Waals surface area contributed by atoms with Gasteiger partial charge in [0, 0.05) is 20.1 Å². The molecular weight excluding hydrogens is 307 g/mol. The maximum absolute atomic E-state index is 13.4. The number of hydrogen-bond acceptors (Lipinski definition) is 2. The first-order chi connectivity index (χ1) is 10.1. The summed E-state index contributed by atoms with van der Waals surface area (Å²) in [6.07, 6.45) is 0.182. The molecule has 6 heteroatoms. The molecule has 0 aliphatic carbocycles. The van der Waals surface area contributed by atoms with E-state index in [2.05, 4.69) is 5.32 Å². The van der Waals surface area contributed by atoms with Crippen molar-refractivity contribution in [2.45, 2.75) is 39.8 Å². The molecule has 0 saturated carbocycles. The molecule has 2 amide bonds. The maximum Gasteiger partial charge on any atom is 0.317 e. The zero-order valence-corrected chi connectivity index (χ0v) is 14.2. The van der Waals surface area contributed by atoms with Crippen LogP contribution in [0, 0.1) is 11.2 Å². The molecule has 0 fully saturated rings. The van der Waals surface area contributed by atoms with Gasteiger partial charge in [0.1, 0.15) is 5.82 Å². The van der Waals surface area contributed by atoms with Crippen LogP contribution in [0.4, 0.5) is 9.18 Å². The van der Waals surface area contributed by atoms with Crippen LogP contribution in [0.25, 0.3) is 0 Å². The van der Waals surface area contributed by atoms with Crippen LogP contribution in [-0.2, 0) is 6.54 Å². The molecule has 0 saturated heterocycles. The number of halogens is 2. The number of aliphatic hydroxyl groups is 1. The molecular formula is C16H24ClFN2O2. The van der Waals surface area contributed by atoms with Crippen LogP contribution in [0.1, 0.15) is 32.8 Å². The van der Waals surface area contributed by atoms with E-state index in [9.17, 15) is 14.3 Å². The molecule has 1 aromatic carbocycles. The van der Waals surface area contributed by atoms with Crippen LogP contribution in [0.2, 0.25) is 5.02 Å². The Hall–Kier alpha value is -1.33. The van der Waals surface area contributed by atoms with Crippen LogP contribution >= 0.6 is 11.6 Å². The van der Waals surface area contributed by atoms with E-state index >= 15 is 0 Å². The molecule has 2 N–H and O–H groups in total. The van der Waals surface area contributed by atoms with Gasteiger partial charge in [0.15, 0.2) is 0 Å². The normalized spacial score (nSPS) is 12.9. The summed E-state index contributed by atoms with van der Waals surface area (Å²) in [6.45, 7) is 6.43.